The molecule has 16 nitrogen and oxygen atoms in total. The van der Waals surface area contributed by atoms with Crippen molar-refractivity contribution in [3.8, 4) is 0 Å². The maximum atomic E-state index is 11.3. The van der Waals surface area contributed by atoms with E-state index in [9.17, 15) is 45.1 Å². The van der Waals surface area contributed by atoms with E-state index in [1.54, 1.807) is 0 Å². The largest absolute Gasteiger partial charge is 0.744 e. The molecule has 2 atom stereocenters. The molecule has 0 fully saturated rings. The van der Waals surface area contributed by atoms with Gasteiger partial charge in [0.1, 0.15) is 46.5 Å². The molecule has 2 aromatic carbocycles. The highest BCUT2D eigenvalue weighted by molar-refractivity contribution is 7.86. The third kappa shape index (κ3) is 18.6. The van der Waals surface area contributed by atoms with Gasteiger partial charge in [-0.25, -0.2) is 26.4 Å². The van der Waals surface area contributed by atoms with Crippen LogP contribution in [0.15, 0.2) is 46.2 Å². The summed E-state index contributed by atoms with van der Waals surface area (Å²) in [5, 5.41) is -0.158. The Kier molecular flexibility index (Phi) is 17.3. The molecule has 0 aliphatic rings. The average molecular weight is 723 g/mol. The number of likely N-dealkylation sites (N-methyl/N-ethyl adjacent to an activating group) is 2. The number of carbonyl (C=O) groups is 4. The number of esters is 4. The van der Waals surface area contributed by atoms with Gasteiger partial charge >= 0.3 is 23.9 Å². The van der Waals surface area contributed by atoms with Crippen LogP contribution in [0.5, 0.6) is 0 Å². The van der Waals surface area contributed by atoms with Gasteiger partial charge in [0.2, 0.25) is 0 Å². The van der Waals surface area contributed by atoms with Gasteiger partial charge in [0.25, 0.3) is 0 Å². The molecule has 0 aliphatic carbocycles. The Morgan fingerprint density at radius 3 is 1.15 bits per heavy atom. The summed E-state index contributed by atoms with van der Waals surface area (Å²) in [7, 11) is 2.54. The van der Waals surface area contributed by atoms with Crippen LogP contribution in [-0.2, 0) is 58.4 Å². The molecule has 0 aliphatic heterocycles. The highest BCUT2D eigenvalue weighted by Gasteiger charge is 2.19. The van der Waals surface area contributed by atoms with Crippen molar-refractivity contribution in [3.63, 3.8) is 0 Å². The zero-order valence-corrected chi connectivity index (χ0v) is 30.5. The zero-order valence-electron chi connectivity index (χ0n) is 28.9. The molecule has 272 valence electrons. The Balaban J connectivity index is 0.000000696. The number of ether oxygens (including phenoxy) is 4. The highest BCUT2D eigenvalue weighted by atomic mass is 32.2. The molecule has 0 aromatic heterocycles. The Hall–Kier alpha value is -3.68. The lowest BCUT2D eigenvalue weighted by Gasteiger charge is -2.23. The van der Waals surface area contributed by atoms with E-state index in [1.165, 1.54) is 52.0 Å². The van der Waals surface area contributed by atoms with E-state index >= 15 is 0 Å². The maximum absolute atomic E-state index is 11.3. The number of nitrogens with zero attached hydrogens (tertiary/aromatic N) is 2. The molecular weight excluding hydrogens is 676 g/mol. The maximum Gasteiger partial charge on any atom is 0.347 e. The fraction of sp³-hybridized carbons (Fsp3) is 0.533. The molecule has 0 saturated heterocycles. The molecule has 0 amide bonds. The molecule has 0 heterocycles. The van der Waals surface area contributed by atoms with Crippen molar-refractivity contribution in [2.45, 2.75) is 49.7 Å². The van der Waals surface area contributed by atoms with Gasteiger partial charge in [-0.2, -0.15) is 0 Å². The second-order valence-electron chi connectivity index (χ2n) is 12.4. The number of hydrogen-bond donors (Lipinski definition) is 0. The van der Waals surface area contributed by atoms with Gasteiger partial charge < -0.3 is 37.0 Å². The van der Waals surface area contributed by atoms with Crippen molar-refractivity contribution in [3.05, 3.63) is 36.4 Å². The van der Waals surface area contributed by atoms with Crippen LogP contribution in [0.3, 0.4) is 0 Å². The van der Waals surface area contributed by atoms with E-state index in [2.05, 4.69) is 9.47 Å². The Morgan fingerprint density at radius 2 is 0.917 bits per heavy atom. The predicted octanol–water partition coefficient (Wildman–Crippen LogP) is 1.02. The smallest absolute Gasteiger partial charge is 0.347 e. The minimum Gasteiger partial charge on any atom is -0.744 e. The van der Waals surface area contributed by atoms with Crippen LogP contribution in [0.4, 0.5) is 0 Å². The van der Waals surface area contributed by atoms with E-state index in [0.717, 1.165) is 34.2 Å². The molecule has 0 radical (unpaired) electrons. The van der Waals surface area contributed by atoms with E-state index in [0.29, 0.717) is 13.2 Å². The van der Waals surface area contributed by atoms with E-state index in [1.807, 2.05) is 42.3 Å². The SMILES string of the molecule is CC(=O)O[C@@H](C)C(=O)OCC[N+](C)(C)C.CC(=O)O[C@@H](C)C(=O)OCC[N+](C)(C)C.O=S(=O)([O-])c1cccc2c(S(=O)(=O)[O-])cccc12. The zero-order chi connectivity index (χ0) is 37.7. The van der Waals surface area contributed by atoms with Crippen LogP contribution < -0.4 is 0 Å². The summed E-state index contributed by atoms with van der Waals surface area (Å²) in [5.74, 6) is -1.96. The third-order valence-electron chi connectivity index (χ3n) is 5.74. The Bertz CT molecular complexity index is 1510. The lowest BCUT2D eigenvalue weighted by molar-refractivity contribution is -0.870. The average Bonchev–Trinajstić information content (AvgIpc) is 2.89. The standard InChI is InChI=1S/2C10H20NO4.C10H8O6S2/c2*1-8(15-9(2)12)10(13)14-7-6-11(3,4)5;11-17(12,13)9-5-1-3-7-8(9)4-2-6-10(7)18(14,15)16/h2*8H,6-7H2,1-5H3;1-6H,(H,11,12,13)(H,14,15,16)/q2*+1;/p-2/t2*8-;/m00./s1. The summed E-state index contributed by atoms with van der Waals surface area (Å²) >= 11 is 0. The highest BCUT2D eigenvalue weighted by Crippen LogP contribution is 2.27. The van der Waals surface area contributed by atoms with Crippen molar-refractivity contribution >= 4 is 54.9 Å². The molecular formula is C30H46N2O14S2. The molecule has 2 rings (SSSR count). The number of benzene rings is 2. The van der Waals surface area contributed by atoms with Gasteiger partial charge in [0.15, 0.2) is 12.2 Å². The van der Waals surface area contributed by atoms with Crippen LogP contribution in [0.25, 0.3) is 10.8 Å². The monoisotopic (exact) mass is 722 g/mol. The summed E-state index contributed by atoms with van der Waals surface area (Å²) in [6.45, 7) is 7.61. The molecule has 2 aromatic rings. The number of rotatable bonds is 12. The van der Waals surface area contributed by atoms with Crippen molar-refractivity contribution in [2.24, 2.45) is 0 Å². The van der Waals surface area contributed by atoms with Crippen molar-refractivity contribution in [1.82, 2.24) is 0 Å². The molecule has 0 bridgehead atoms. The summed E-state index contributed by atoms with van der Waals surface area (Å²) in [6.07, 6.45) is -1.65. The molecule has 18 heteroatoms. The summed E-state index contributed by atoms with van der Waals surface area (Å²) in [5.41, 5.74) is 0. The van der Waals surface area contributed by atoms with E-state index < -0.39 is 66.1 Å². The molecule has 0 spiro atoms. The minimum absolute atomic E-state index is 0.0792. The summed E-state index contributed by atoms with van der Waals surface area (Å²) < 4.78 is 86.8. The normalized spacial score (nSPS) is 13.0. The molecule has 0 saturated carbocycles. The second kappa shape index (κ2) is 18.8. The van der Waals surface area contributed by atoms with Crippen LogP contribution in [-0.4, -0.2) is 140 Å². The second-order valence-corrected chi connectivity index (χ2v) is 15.1. The fourth-order valence-corrected chi connectivity index (χ4v) is 4.74. The van der Waals surface area contributed by atoms with Gasteiger partial charge in [-0.1, -0.05) is 24.3 Å². The first-order chi connectivity index (χ1) is 21.7. The lowest BCUT2D eigenvalue weighted by atomic mass is 10.1. The summed E-state index contributed by atoms with van der Waals surface area (Å²) in [6, 6.07) is 7.09. The van der Waals surface area contributed by atoms with Crippen molar-refractivity contribution in [1.29, 1.82) is 0 Å². The Morgan fingerprint density at radius 1 is 0.625 bits per heavy atom. The minimum atomic E-state index is -4.74. The Labute approximate surface area is 282 Å². The number of fused-ring (bicyclic) bond motifs is 1. The fourth-order valence-electron chi connectivity index (χ4n) is 3.36. The van der Waals surface area contributed by atoms with E-state index in [-0.39, 0.29) is 10.8 Å². The van der Waals surface area contributed by atoms with Gasteiger partial charge in [-0.3, -0.25) is 9.59 Å². The number of carbonyl (C=O) groups excluding carboxylic acids is 4. The third-order valence-corrected chi connectivity index (χ3v) is 7.53. The topological polar surface area (TPSA) is 220 Å². The van der Waals surface area contributed by atoms with Gasteiger partial charge in [-0.05, 0) is 26.0 Å². The first kappa shape index (κ1) is 44.3. The quantitative estimate of drug-likeness (QED) is 0.129. The van der Waals surface area contributed by atoms with Crippen molar-refractivity contribution in [2.75, 3.05) is 68.6 Å². The van der Waals surface area contributed by atoms with Gasteiger partial charge in [0, 0.05) is 24.6 Å². The summed E-state index contributed by atoms with van der Waals surface area (Å²) in [4.78, 5) is 42.5. The molecule has 48 heavy (non-hydrogen) atoms. The predicted molar refractivity (Wildman–Crippen MR) is 170 cm³/mol. The van der Waals surface area contributed by atoms with Crippen molar-refractivity contribution < 1.29 is 73.0 Å². The van der Waals surface area contributed by atoms with Crippen LogP contribution in [0.1, 0.15) is 27.7 Å². The molecule has 0 unspecified atom stereocenters. The first-order valence-corrected chi connectivity index (χ1v) is 17.2. The van der Waals surface area contributed by atoms with Crippen LogP contribution >= 0.6 is 0 Å². The van der Waals surface area contributed by atoms with E-state index in [4.69, 9.17) is 9.47 Å². The number of hydrogen-bond acceptors (Lipinski definition) is 14. The van der Waals surface area contributed by atoms with Crippen LogP contribution in [0, 0.1) is 0 Å². The molecule has 0 N–H and O–H groups in total. The lowest BCUT2D eigenvalue weighted by Crippen LogP contribution is -2.38. The van der Waals surface area contributed by atoms with Gasteiger partial charge in [0.05, 0.1) is 52.1 Å². The van der Waals surface area contributed by atoms with Gasteiger partial charge in [-0.15, -0.1) is 0 Å². The first-order valence-electron chi connectivity index (χ1n) is 14.4. The number of quaternary nitrogens is 2. The van der Waals surface area contributed by atoms with Crippen LogP contribution in [0.2, 0.25) is 0 Å².